The van der Waals surface area contributed by atoms with Gasteiger partial charge >= 0.3 is 0 Å². The molecule has 0 heterocycles. The smallest absolute Gasteiger partial charge is 0.238 e. The molecule has 2 N–H and O–H groups in total. The first-order valence-electron chi connectivity index (χ1n) is 9.80. The molecule has 150 valence electrons. The molecule has 2 unspecified atom stereocenters. The van der Waals surface area contributed by atoms with Gasteiger partial charge in [-0.05, 0) is 84.4 Å². The van der Waals surface area contributed by atoms with Crippen LogP contribution in [0.25, 0.3) is 0 Å². The van der Waals surface area contributed by atoms with E-state index in [9.17, 15) is 8.42 Å². The van der Waals surface area contributed by atoms with E-state index in [0.29, 0.717) is 17.3 Å². The van der Waals surface area contributed by atoms with Crippen molar-refractivity contribution >= 4 is 21.6 Å². The van der Waals surface area contributed by atoms with Crippen molar-refractivity contribution < 1.29 is 13.2 Å². The Morgan fingerprint density at radius 1 is 1.14 bits per heavy atom. The second-order valence-electron chi connectivity index (χ2n) is 8.13. The molecule has 4 nitrogen and oxygen atoms in total. The molecule has 0 bridgehead atoms. The minimum absolute atomic E-state index is 0.178. The number of halogens is 1. The molecular weight excluding hydrogens is 394 g/mol. The maximum atomic E-state index is 11.5. The van der Waals surface area contributed by atoms with Crippen molar-refractivity contribution in [3.8, 4) is 5.75 Å². The minimum atomic E-state index is -3.65. The standard InChI is InChI=1S/C22H26ClNO3S/c1-27-20-11-7-17(23)14-16(20)6-10-19-21(22(19)12-2-3-13-22)15-4-8-18(9-5-15)28(24,25)26/h4-5,7-9,11,14,19,21H,2-3,6,10,12-13H2,1H3,(H2,24,25,26). The number of primary sulfonamides is 1. The maximum Gasteiger partial charge on any atom is 0.238 e. The van der Waals surface area contributed by atoms with Crippen LogP contribution in [-0.2, 0) is 16.4 Å². The summed E-state index contributed by atoms with van der Waals surface area (Å²) in [7, 11) is -1.96. The summed E-state index contributed by atoms with van der Waals surface area (Å²) < 4.78 is 28.6. The lowest BCUT2D eigenvalue weighted by atomic mass is 9.96. The summed E-state index contributed by atoms with van der Waals surface area (Å²) in [6, 6.07) is 13.0. The highest BCUT2D eigenvalue weighted by Crippen LogP contribution is 2.73. The molecule has 28 heavy (non-hydrogen) atoms. The van der Waals surface area contributed by atoms with Crippen molar-refractivity contribution in [3.63, 3.8) is 0 Å². The minimum Gasteiger partial charge on any atom is -0.496 e. The summed E-state index contributed by atoms with van der Waals surface area (Å²) in [5.74, 6) is 1.99. The van der Waals surface area contributed by atoms with E-state index < -0.39 is 10.0 Å². The molecule has 4 rings (SSSR count). The van der Waals surface area contributed by atoms with Gasteiger partial charge in [-0.3, -0.25) is 0 Å². The second-order valence-corrected chi connectivity index (χ2v) is 10.1. The van der Waals surface area contributed by atoms with Gasteiger partial charge in [-0.25, -0.2) is 13.6 Å². The van der Waals surface area contributed by atoms with Gasteiger partial charge < -0.3 is 4.74 Å². The summed E-state index contributed by atoms with van der Waals surface area (Å²) in [5.41, 5.74) is 2.75. The number of aryl methyl sites for hydroxylation is 1. The fraction of sp³-hybridized carbons (Fsp3) is 0.455. The Morgan fingerprint density at radius 3 is 2.43 bits per heavy atom. The highest BCUT2D eigenvalue weighted by Gasteiger charge is 2.64. The highest BCUT2D eigenvalue weighted by atomic mass is 35.5. The predicted molar refractivity (Wildman–Crippen MR) is 111 cm³/mol. The highest BCUT2D eigenvalue weighted by molar-refractivity contribution is 7.89. The van der Waals surface area contributed by atoms with E-state index >= 15 is 0 Å². The van der Waals surface area contributed by atoms with E-state index in [1.807, 2.05) is 30.3 Å². The molecule has 0 aliphatic heterocycles. The molecule has 2 aromatic rings. The van der Waals surface area contributed by atoms with E-state index in [0.717, 1.165) is 29.2 Å². The zero-order chi connectivity index (χ0) is 19.9. The van der Waals surface area contributed by atoms with Crippen LogP contribution in [0.2, 0.25) is 5.02 Å². The molecule has 0 amide bonds. The monoisotopic (exact) mass is 419 g/mol. The summed E-state index contributed by atoms with van der Waals surface area (Å²) in [5, 5.41) is 5.98. The maximum absolute atomic E-state index is 11.5. The molecule has 6 heteroatoms. The molecule has 2 fully saturated rings. The Bertz CT molecular complexity index is 966. The quantitative estimate of drug-likeness (QED) is 0.723. The number of benzene rings is 2. The van der Waals surface area contributed by atoms with Gasteiger partial charge in [0.1, 0.15) is 5.75 Å². The number of nitrogens with two attached hydrogens (primary N) is 1. The molecule has 2 saturated carbocycles. The van der Waals surface area contributed by atoms with Crippen molar-refractivity contribution in [2.75, 3.05) is 7.11 Å². The molecule has 0 radical (unpaired) electrons. The molecule has 0 saturated heterocycles. The first-order chi connectivity index (χ1) is 13.3. The molecule has 2 aliphatic carbocycles. The van der Waals surface area contributed by atoms with Gasteiger partial charge in [-0.2, -0.15) is 0 Å². The largest absolute Gasteiger partial charge is 0.496 e. The second kappa shape index (κ2) is 7.36. The van der Waals surface area contributed by atoms with Crippen LogP contribution >= 0.6 is 11.6 Å². The number of ether oxygens (including phenoxy) is 1. The molecule has 1 spiro atoms. The Kier molecular flexibility index (Phi) is 5.19. The van der Waals surface area contributed by atoms with Crippen molar-refractivity contribution in [1.82, 2.24) is 0 Å². The predicted octanol–water partition coefficient (Wildman–Crippen LogP) is 4.90. The Balaban J connectivity index is 1.54. The van der Waals surface area contributed by atoms with Gasteiger partial charge in [0.2, 0.25) is 10.0 Å². The molecular formula is C22H26ClNO3S. The molecule has 0 aromatic heterocycles. The van der Waals surface area contributed by atoms with E-state index in [-0.39, 0.29) is 4.90 Å². The number of methoxy groups -OCH3 is 1. The van der Waals surface area contributed by atoms with Gasteiger partial charge in [0.05, 0.1) is 12.0 Å². The summed E-state index contributed by atoms with van der Waals surface area (Å²) in [6.07, 6.45) is 7.09. The van der Waals surface area contributed by atoms with Crippen LogP contribution in [0.5, 0.6) is 5.75 Å². The van der Waals surface area contributed by atoms with Crippen LogP contribution in [-0.4, -0.2) is 15.5 Å². The SMILES string of the molecule is COc1ccc(Cl)cc1CCC1C(c2ccc(S(N)(=O)=O)cc2)C12CCCC2. The van der Waals surface area contributed by atoms with Crippen LogP contribution in [0.15, 0.2) is 47.4 Å². The van der Waals surface area contributed by atoms with Crippen LogP contribution in [0.3, 0.4) is 0 Å². The molecule has 2 atom stereocenters. The van der Waals surface area contributed by atoms with Gasteiger partial charge in [0.15, 0.2) is 0 Å². The third kappa shape index (κ3) is 3.56. The van der Waals surface area contributed by atoms with Crippen molar-refractivity contribution in [1.29, 1.82) is 0 Å². The molecule has 2 aromatic carbocycles. The molecule has 2 aliphatic rings. The summed E-state index contributed by atoms with van der Waals surface area (Å²) >= 11 is 6.19. The van der Waals surface area contributed by atoms with Crippen LogP contribution < -0.4 is 9.88 Å². The van der Waals surface area contributed by atoms with E-state index in [2.05, 4.69) is 0 Å². The van der Waals surface area contributed by atoms with Crippen molar-refractivity contribution in [2.24, 2.45) is 16.5 Å². The number of sulfonamides is 1. The van der Waals surface area contributed by atoms with Crippen molar-refractivity contribution in [3.05, 3.63) is 58.6 Å². The van der Waals surface area contributed by atoms with E-state index in [1.165, 1.54) is 31.2 Å². The lowest BCUT2D eigenvalue weighted by Crippen LogP contribution is -2.11. The average molecular weight is 420 g/mol. The number of hydrogen-bond donors (Lipinski definition) is 1. The van der Waals surface area contributed by atoms with E-state index in [1.54, 1.807) is 19.2 Å². The van der Waals surface area contributed by atoms with Gasteiger partial charge in [-0.1, -0.05) is 36.6 Å². The lowest BCUT2D eigenvalue weighted by molar-refractivity contribution is 0.406. The first-order valence-corrected chi connectivity index (χ1v) is 11.7. The van der Waals surface area contributed by atoms with Crippen molar-refractivity contribution in [2.45, 2.75) is 49.3 Å². The lowest BCUT2D eigenvalue weighted by Gasteiger charge is -2.11. The summed E-state index contributed by atoms with van der Waals surface area (Å²) in [6.45, 7) is 0. The zero-order valence-electron chi connectivity index (χ0n) is 16.0. The number of hydrogen-bond acceptors (Lipinski definition) is 3. The Labute approximate surface area is 172 Å². The van der Waals surface area contributed by atoms with Crippen LogP contribution in [0.4, 0.5) is 0 Å². The average Bonchev–Trinajstić information content (AvgIpc) is 3.00. The first kappa shape index (κ1) is 19.7. The number of rotatable bonds is 6. The van der Waals surface area contributed by atoms with Crippen LogP contribution in [0, 0.1) is 11.3 Å². The van der Waals surface area contributed by atoms with Gasteiger partial charge in [0, 0.05) is 5.02 Å². The Hall–Kier alpha value is -1.56. The Morgan fingerprint density at radius 2 is 1.82 bits per heavy atom. The van der Waals surface area contributed by atoms with Crippen LogP contribution in [0.1, 0.15) is 49.1 Å². The topological polar surface area (TPSA) is 69.4 Å². The third-order valence-electron chi connectivity index (χ3n) is 6.72. The zero-order valence-corrected chi connectivity index (χ0v) is 17.6. The summed E-state index contributed by atoms with van der Waals surface area (Å²) in [4.78, 5) is 0.178. The fourth-order valence-corrected chi connectivity index (χ4v) is 6.14. The van der Waals surface area contributed by atoms with Gasteiger partial charge in [0.25, 0.3) is 0 Å². The normalized spacial score (nSPS) is 23.1. The fourth-order valence-electron chi connectivity index (χ4n) is 5.43. The van der Waals surface area contributed by atoms with Gasteiger partial charge in [-0.15, -0.1) is 0 Å². The third-order valence-corrected chi connectivity index (χ3v) is 7.88. The van der Waals surface area contributed by atoms with E-state index in [4.69, 9.17) is 21.5 Å².